The Labute approximate surface area is 133 Å². The van der Waals surface area contributed by atoms with Gasteiger partial charge in [0.25, 0.3) is 0 Å². The third kappa shape index (κ3) is 7.43. The topological polar surface area (TPSA) is 95.5 Å². The summed E-state index contributed by atoms with van der Waals surface area (Å²) in [6, 6.07) is -0.598. The summed E-state index contributed by atoms with van der Waals surface area (Å²) >= 11 is 0. The zero-order chi connectivity index (χ0) is 17.5. The van der Waals surface area contributed by atoms with Gasteiger partial charge in [0.2, 0.25) is 11.8 Å². The second-order valence-corrected chi connectivity index (χ2v) is 7.12. The molecule has 0 saturated heterocycles. The van der Waals surface area contributed by atoms with Crippen LogP contribution in [0.25, 0.3) is 0 Å². The van der Waals surface area contributed by atoms with Gasteiger partial charge in [-0.1, -0.05) is 27.7 Å². The van der Waals surface area contributed by atoms with Crippen molar-refractivity contribution in [1.82, 2.24) is 10.6 Å². The van der Waals surface area contributed by atoms with Crippen LogP contribution in [0.15, 0.2) is 0 Å². The van der Waals surface area contributed by atoms with Crippen molar-refractivity contribution in [1.29, 1.82) is 0 Å². The van der Waals surface area contributed by atoms with Gasteiger partial charge in [-0.25, -0.2) is 0 Å². The van der Waals surface area contributed by atoms with Gasteiger partial charge in [0.05, 0.1) is 5.41 Å². The van der Waals surface area contributed by atoms with Crippen LogP contribution in [0, 0.1) is 17.3 Å². The second-order valence-electron chi connectivity index (χ2n) is 7.12. The zero-order valence-corrected chi connectivity index (χ0v) is 14.5. The average molecular weight is 314 g/mol. The Bertz CT molecular complexity index is 403. The van der Waals surface area contributed by atoms with E-state index in [0.717, 1.165) is 0 Å². The average Bonchev–Trinajstić information content (AvgIpc) is 2.34. The molecule has 0 saturated carbocycles. The zero-order valence-electron chi connectivity index (χ0n) is 14.5. The van der Waals surface area contributed by atoms with Gasteiger partial charge in [0, 0.05) is 13.0 Å². The number of carbonyl (C=O) groups excluding carboxylic acids is 2. The van der Waals surface area contributed by atoms with Gasteiger partial charge in [-0.3, -0.25) is 14.4 Å². The van der Waals surface area contributed by atoms with Gasteiger partial charge in [-0.05, 0) is 32.1 Å². The molecule has 6 nitrogen and oxygen atoms in total. The standard InChI is InChI=1S/C16H30N2O4/c1-10(2)9-12(19)18-13(11(3)4)14(20)17-8-7-16(5,6)15(21)22/h10-11,13H,7-9H2,1-6H3,(H,17,20)(H,18,19)(H,21,22). The van der Waals surface area contributed by atoms with Gasteiger partial charge in [-0.2, -0.15) is 0 Å². The van der Waals surface area contributed by atoms with E-state index in [-0.39, 0.29) is 30.2 Å². The Morgan fingerprint density at radius 2 is 1.64 bits per heavy atom. The molecule has 0 spiro atoms. The molecule has 0 aliphatic heterocycles. The largest absolute Gasteiger partial charge is 0.481 e. The molecule has 6 heteroatoms. The van der Waals surface area contributed by atoms with Gasteiger partial charge >= 0.3 is 5.97 Å². The van der Waals surface area contributed by atoms with E-state index in [2.05, 4.69) is 10.6 Å². The van der Waals surface area contributed by atoms with E-state index in [0.29, 0.717) is 12.8 Å². The van der Waals surface area contributed by atoms with E-state index in [4.69, 9.17) is 5.11 Å². The monoisotopic (exact) mass is 314 g/mol. The maximum atomic E-state index is 12.2. The molecule has 1 atom stereocenters. The second kappa shape index (κ2) is 8.76. The molecule has 1 unspecified atom stereocenters. The van der Waals surface area contributed by atoms with E-state index < -0.39 is 17.4 Å². The number of carboxylic acids is 1. The fourth-order valence-corrected chi connectivity index (χ4v) is 1.85. The Morgan fingerprint density at radius 1 is 1.09 bits per heavy atom. The van der Waals surface area contributed by atoms with E-state index in [1.165, 1.54) is 0 Å². The normalized spacial score (nSPS) is 13.1. The van der Waals surface area contributed by atoms with E-state index in [1.54, 1.807) is 13.8 Å². The molecule has 0 aromatic carbocycles. The van der Waals surface area contributed by atoms with Crippen LogP contribution in [-0.2, 0) is 14.4 Å². The quantitative estimate of drug-likeness (QED) is 0.604. The summed E-state index contributed by atoms with van der Waals surface area (Å²) in [5.41, 5.74) is -0.887. The molecule has 0 aromatic rings. The third-order valence-corrected chi connectivity index (χ3v) is 3.49. The highest BCUT2D eigenvalue weighted by atomic mass is 16.4. The van der Waals surface area contributed by atoms with Crippen molar-refractivity contribution in [2.75, 3.05) is 6.54 Å². The van der Waals surface area contributed by atoms with Gasteiger partial charge < -0.3 is 15.7 Å². The van der Waals surface area contributed by atoms with E-state index in [9.17, 15) is 14.4 Å². The Kier molecular flexibility index (Phi) is 8.12. The third-order valence-electron chi connectivity index (χ3n) is 3.49. The summed E-state index contributed by atoms with van der Waals surface area (Å²) < 4.78 is 0. The molecule has 0 bridgehead atoms. The first-order valence-corrected chi connectivity index (χ1v) is 7.77. The van der Waals surface area contributed by atoms with Gasteiger partial charge in [0.1, 0.15) is 6.04 Å². The minimum absolute atomic E-state index is 0.0383. The predicted molar refractivity (Wildman–Crippen MR) is 85.3 cm³/mol. The summed E-state index contributed by atoms with van der Waals surface area (Å²) in [5.74, 6) is -1.12. The van der Waals surface area contributed by atoms with Crippen LogP contribution in [-0.4, -0.2) is 35.5 Å². The summed E-state index contributed by atoms with van der Waals surface area (Å²) in [6.45, 7) is 11.1. The number of carboxylic acid groups (broad SMARTS) is 1. The summed E-state index contributed by atoms with van der Waals surface area (Å²) in [6.07, 6.45) is 0.710. The smallest absolute Gasteiger partial charge is 0.309 e. The highest BCUT2D eigenvalue weighted by Gasteiger charge is 2.28. The molecular weight excluding hydrogens is 284 g/mol. The summed E-state index contributed by atoms with van der Waals surface area (Å²) in [4.78, 5) is 35.0. The molecule has 0 heterocycles. The fourth-order valence-electron chi connectivity index (χ4n) is 1.85. The van der Waals surface area contributed by atoms with Gasteiger partial charge in [0.15, 0.2) is 0 Å². The predicted octanol–water partition coefficient (Wildman–Crippen LogP) is 1.79. The molecule has 2 amide bonds. The van der Waals surface area contributed by atoms with Crippen LogP contribution in [0.5, 0.6) is 0 Å². The first-order chi connectivity index (χ1) is 9.97. The van der Waals surface area contributed by atoms with Crippen molar-refractivity contribution >= 4 is 17.8 Å². The molecule has 0 aliphatic carbocycles. The Balaban J connectivity index is 4.50. The summed E-state index contributed by atoms with van der Waals surface area (Å²) in [7, 11) is 0. The lowest BCUT2D eigenvalue weighted by Gasteiger charge is -2.24. The lowest BCUT2D eigenvalue weighted by Crippen LogP contribution is -2.50. The molecule has 0 rings (SSSR count). The first kappa shape index (κ1) is 20.4. The van der Waals surface area contributed by atoms with Crippen molar-refractivity contribution in [2.45, 2.75) is 60.4 Å². The van der Waals surface area contributed by atoms with Crippen molar-refractivity contribution in [3.05, 3.63) is 0 Å². The molecule has 128 valence electrons. The van der Waals surface area contributed by atoms with Crippen molar-refractivity contribution in [2.24, 2.45) is 17.3 Å². The Morgan fingerprint density at radius 3 is 2.05 bits per heavy atom. The summed E-state index contributed by atoms with van der Waals surface area (Å²) in [5, 5.41) is 14.5. The van der Waals surface area contributed by atoms with Crippen LogP contribution in [0.1, 0.15) is 54.4 Å². The van der Waals surface area contributed by atoms with Crippen LogP contribution in [0.2, 0.25) is 0 Å². The maximum absolute atomic E-state index is 12.2. The number of aliphatic carboxylic acids is 1. The Hall–Kier alpha value is -1.59. The molecule has 3 N–H and O–H groups in total. The SMILES string of the molecule is CC(C)CC(=O)NC(C(=O)NCCC(C)(C)C(=O)O)C(C)C. The molecule has 22 heavy (non-hydrogen) atoms. The minimum Gasteiger partial charge on any atom is -0.481 e. The van der Waals surface area contributed by atoms with Crippen LogP contribution in [0.3, 0.4) is 0 Å². The molecular formula is C16H30N2O4. The number of carbonyl (C=O) groups is 3. The minimum atomic E-state index is -0.896. The van der Waals surface area contributed by atoms with Crippen LogP contribution in [0.4, 0.5) is 0 Å². The lowest BCUT2D eigenvalue weighted by atomic mass is 9.89. The number of hydrogen-bond donors (Lipinski definition) is 3. The van der Waals surface area contributed by atoms with Crippen molar-refractivity contribution in [3.8, 4) is 0 Å². The first-order valence-electron chi connectivity index (χ1n) is 7.77. The maximum Gasteiger partial charge on any atom is 0.309 e. The van der Waals surface area contributed by atoms with E-state index in [1.807, 2.05) is 27.7 Å². The highest BCUT2D eigenvalue weighted by Crippen LogP contribution is 2.19. The number of rotatable bonds is 9. The van der Waals surface area contributed by atoms with Crippen LogP contribution < -0.4 is 10.6 Å². The highest BCUT2D eigenvalue weighted by molar-refractivity contribution is 5.87. The number of hydrogen-bond acceptors (Lipinski definition) is 3. The van der Waals surface area contributed by atoms with Crippen molar-refractivity contribution < 1.29 is 19.5 Å². The number of nitrogens with one attached hydrogen (secondary N) is 2. The molecule has 0 radical (unpaired) electrons. The van der Waals surface area contributed by atoms with E-state index >= 15 is 0 Å². The lowest BCUT2D eigenvalue weighted by molar-refractivity contribution is -0.147. The molecule has 0 aliphatic rings. The van der Waals surface area contributed by atoms with Crippen molar-refractivity contribution in [3.63, 3.8) is 0 Å². The molecule has 0 fully saturated rings. The molecule has 0 aromatic heterocycles. The van der Waals surface area contributed by atoms with Gasteiger partial charge in [-0.15, -0.1) is 0 Å². The fraction of sp³-hybridized carbons (Fsp3) is 0.812. The number of amides is 2. The van der Waals surface area contributed by atoms with Crippen LogP contribution >= 0.6 is 0 Å².